The maximum atomic E-state index is 13.0. The van der Waals surface area contributed by atoms with E-state index in [0.29, 0.717) is 45.0 Å². The van der Waals surface area contributed by atoms with E-state index in [0.717, 1.165) is 28.6 Å². The van der Waals surface area contributed by atoms with Crippen LogP contribution in [0.4, 0.5) is 0 Å². The Labute approximate surface area is 182 Å². The second-order valence-corrected chi connectivity index (χ2v) is 7.96. The lowest BCUT2D eigenvalue weighted by Gasteiger charge is -2.25. The number of benzene rings is 2. The van der Waals surface area contributed by atoms with Gasteiger partial charge in [-0.25, -0.2) is 0 Å². The van der Waals surface area contributed by atoms with Gasteiger partial charge in [0.2, 0.25) is 0 Å². The molecular weight excluding hydrogens is 392 g/mol. The zero-order valence-electron chi connectivity index (χ0n) is 18.1. The Morgan fingerprint density at radius 1 is 1.06 bits per heavy atom. The number of aromatic nitrogens is 1. The van der Waals surface area contributed by atoms with Gasteiger partial charge in [0.1, 0.15) is 5.75 Å². The minimum atomic E-state index is -0.455. The Morgan fingerprint density at radius 2 is 1.84 bits per heavy atom. The van der Waals surface area contributed by atoms with E-state index in [1.807, 2.05) is 42.0 Å². The highest BCUT2D eigenvalue weighted by molar-refractivity contribution is 6.44. The molecule has 0 atom stereocenters. The molecule has 1 fully saturated rings. The van der Waals surface area contributed by atoms with Crippen LogP contribution in [0.15, 0.2) is 48.7 Å². The molecule has 0 radical (unpaired) electrons. The molecular formula is C25H28N2O4. The number of hydrogen-bond donors (Lipinski definition) is 0. The van der Waals surface area contributed by atoms with Crippen molar-refractivity contribution in [1.29, 1.82) is 0 Å². The lowest BCUT2D eigenvalue weighted by atomic mass is 10.1. The number of morpholine rings is 1. The minimum Gasteiger partial charge on any atom is -0.493 e. The maximum Gasteiger partial charge on any atom is 0.295 e. The van der Waals surface area contributed by atoms with E-state index in [1.54, 1.807) is 4.90 Å². The van der Waals surface area contributed by atoms with Crippen molar-refractivity contribution >= 4 is 22.6 Å². The molecule has 1 saturated heterocycles. The average Bonchev–Trinajstić information content (AvgIpc) is 3.17. The van der Waals surface area contributed by atoms with E-state index in [1.165, 1.54) is 5.56 Å². The molecule has 1 amide bonds. The van der Waals surface area contributed by atoms with Gasteiger partial charge in [-0.1, -0.05) is 30.3 Å². The number of aryl methyl sites for hydroxylation is 3. The first kappa shape index (κ1) is 21.1. The predicted molar refractivity (Wildman–Crippen MR) is 120 cm³/mol. The minimum absolute atomic E-state index is 0.454. The molecule has 0 unspecified atom stereocenters. The molecule has 1 aromatic heterocycles. The largest absolute Gasteiger partial charge is 0.493 e. The van der Waals surface area contributed by atoms with Gasteiger partial charge in [0.15, 0.2) is 0 Å². The lowest BCUT2D eigenvalue weighted by molar-refractivity contribution is -0.130. The number of Topliss-reactive ketones (excluding diaryl/α,β-unsaturated/α-hetero) is 1. The molecule has 162 valence electrons. The Hall–Kier alpha value is -3.12. The summed E-state index contributed by atoms with van der Waals surface area (Å²) in [6.45, 7) is 7.23. The highest BCUT2D eigenvalue weighted by Gasteiger charge is 2.27. The van der Waals surface area contributed by atoms with E-state index < -0.39 is 11.7 Å². The van der Waals surface area contributed by atoms with Crippen molar-refractivity contribution in [3.05, 3.63) is 65.4 Å². The van der Waals surface area contributed by atoms with Crippen LogP contribution in [0.1, 0.15) is 27.9 Å². The van der Waals surface area contributed by atoms with E-state index >= 15 is 0 Å². The number of ketones is 1. The van der Waals surface area contributed by atoms with Crippen molar-refractivity contribution in [2.45, 2.75) is 26.8 Å². The van der Waals surface area contributed by atoms with E-state index in [-0.39, 0.29) is 0 Å². The molecule has 6 nitrogen and oxygen atoms in total. The Morgan fingerprint density at radius 3 is 2.65 bits per heavy atom. The Kier molecular flexibility index (Phi) is 6.37. The summed E-state index contributed by atoms with van der Waals surface area (Å²) in [4.78, 5) is 27.3. The van der Waals surface area contributed by atoms with Gasteiger partial charge in [-0.15, -0.1) is 0 Å². The number of fused-ring (bicyclic) bond motifs is 1. The maximum absolute atomic E-state index is 13.0. The third-order valence-electron chi connectivity index (χ3n) is 5.67. The molecule has 1 aliphatic rings. The topological polar surface area (TPSA) is 60.8 Å². The molecule has 0 aliphatic carbocycles. The summed E-state index contributed by atoms with van der Waals surface area (Å²) < 4.78 is 13.3. The van der Waals surface area contributed by atoms with Gasteiger partial charge >= 0.3 is 0 Å². The average molecular weight is 421 g/mol. The standard InChI is InChI=1S/C25H28N2O4/c1-18-8-9-19(2)23(16-18)31-13-5-10-27-17-21(20-6-3-4-7-22(20)27)24(28)25(29)26-11-14-30-15-12-26/h3-4,6-9,16-17H,5,10-15H2,1-2H3. The van der Waals surface area contributed by atoms with Crippen LogP contribution in [0.5, 0.6) is 5.75 Å². The summed E-state index contributed by atoms with van der Waals surface area (Å²) >= 11 is 0. The predicted octanol–water partition coefficient (Wildman–Crippen LogP) is 3.77. The van der Waals surface area contributed by atoms with Crippen molar-refractivity contribution in [3.63, 3.8) is 0 Å². The van der Waals surface area contributed by atoms with Gasteiger partial charge in [-0.2, -0.15) is 0 Å². The number of carbonyl (C=O) groups is 2. The number of ether oxygens (including phenoxy) is 2. The Bertz CT molecular complexity index is 1100. The molecule has 0 spiro atoms. The second kappa shape index (κ2) is 9.35. The van der Waals surface area contributed by atoms with Gasteiger partial charge < -0.3 is 18.9 Å². The third kappa shape index (κ3) is 4.64. The normalized spacial score (nSPS) is 14.1. The van der Waals surface area contributed by atoms with Gasteiger partial charge in [-0.05, 0) is 43.5 Å². The molecule has 31 heavy (non-hydrogen) atoms. The summed E-state index contributed by atoms with van der Waals surface area (Å²) in [5.41, 5.74) is 3.70. The second-order valence-electron chi connectivity index (χ2n) is 7.96. The number of rotatable bonds is 7. The summed E-state index contributed by atoms with van der Waals surface area (Å²) in [6, 6.07) is 13.9. The Balaban J connectivity index is 1.47. The molecule has 0 saturated carbocycles. The fourth-order valence-electron chi connectivity index (χ4n) is 3.92. The molecule has 0 N–H and O–H groups in total. The van der Waals surface area contributed by atoms with Gasteiger partial charge in [-0.3, -0.25) is 9.59 Å². The smallest absolute Gasteiger partial charge is 0.295 e. The fraction of sp³-hybridized carbons (Fsp3) is 0.360. The van der Waals surface area contributed by atoms with Crippen LogP contribution in [0, 0.1) is 13.8 Å². The van der Waals surface area contributed by atoms with Crippen molar-refractivity contribution in [3.8, 4) is 5.75 Å². The van der Waals surface area contributed by atoms with Crippen molar-refractivity contribution < 1.29 is 19.1 Å². The quantitative estimate of drug-likeness (QED) is 0.332. The number of amides is 1. The highest BCUT2D eigenvalue weighted by atomic mass is 16.5. The number of para-hydroxylation sites is 1. The van der Waals surface area contributed by atoms with Crippen LogP contribution in [0.2, 0.25) is 0 Å². The molecule has 1 aliphatic heterocycles. The van der Waals surface area contributed by atoms with Crippen LogP contribution in [-0.2, 0) is 16.1 Å². The summed E-state index contributed by atoms with van der Waals surface area (Å²) in [7, 11) is 0. The van der Waals surface area contributed by atoms with Crippen LogP contribution in [0.3, 0.4) is 0 Å². The van der Waals surface area contributed by atoms with Crippen molar-refractivity contribution in [2.75, 3.05) is 32.9 Å². The van der Waals surface area contributed by atoms with E-state index in [2.05, 4.69) is 25.1 Å². The summed E-state index contributed by atoms with van der Waals surface area (Å²) in [5.74, 6) is -0.00252. The molecule has 4 rings (SSSR count). The van der Waals surface area contributed by atoms with Gasteiger partial charge in [0, 0.05) is 36.7 Å². The zero-order valence-corrected chi connectivity index (χ0v) is 18.1. The molecule has 6 heteroatoms. The van der Waals surface area contributed by atoms with E-state index in [4.69, 9.17) is 9.47 Å². The zero-order chi connectivity index (χ0) is 21.8. The first-order valence-corrected chi connectivity index (χ1v) is 10.7. The highest BCUT2D eigenvalue weighted by Crippen LogP contribution is 2.24. The lowest BCUT2D eigenvalue weighted by Crippen LogP contribution is -2.44. The number of carbonyl (C=O) groups excluding carboxylic acids is 2. The van der Waals surface area contributed by atoms with Crippen molar-refractivity contribution in [1.82, 2.24) is 9.47 Å². The molecule has 2 heterocycles. The van der Waals surface area contributed by atoms with Crippen LogP contribution in [0.25, 0.3) is 10.9 Å². The number of hydrogen-bond acceptors (Lipinski definition) is 4. The SMILES string of the molecule is Cc1ccc(C)c(OCCCn2cc(C(=O)C(=O)N3CCOCC3)c3ccccc32)c1. The first-order valence-electron chi connectivity index (χ1n) is 10.7. The first-order chi connectivity index (χ1) is 15.0. The van der Waals surface area contributed by atoms with Crippen LogP contribution >= 0.6 is 0 Å². The molecule has 2 aromatic carbocycles. The summed E-state index contributed by atoms with van der Waals surface area (Å²) in [5, 5.41) is 0.810. The monoisotopic (exact) mass is 420 g/mol. The molecule has 0 bridgehead atoms. The fourth-order valence-corrected chi connectivity index (χ4v) is 3.92. The van der Waals surface area contributed by atoms with Crippen LogP contribution < -0.4 is 4.74 Å². The third-order valence-corrected chi connectivity index (χ3v) is 5.67. The van der Waals surface area contributed by atoms with Gasteiger partial charge in [0.25, 0.3) is 11.7 Å². The van der Waals surface area contributed by atoms with E-state index in [9.17, 15) is 9.59 Å². The van der Waals surface area contributed by atoms with Crippen molar-refractivity contribution in [2.24, 2.45) is 0 Å². The number of nitrogens with zero attached hydrogens (tertiary/aromatic N) is 2. The molecule has 3 aromatic rings. The van der Waals surface area contributed by atoms with Crippen LogP contribution in [-0.4, -0.2) is 54.1 Å². The van der Waals surface area contributed by atoms with Gasteiger partial charge in [0.05, 0.1) is 25.4 Å². The summed E-state index contributed by atoms with van der Waals surface area (Å²) in [6.07, 6.45) is 2.60.